The van der Waals surface area contributed by atoms with Gasteiger partial charge >= 0.3 is 7.82 Å². The van der Waals surface area contributed by atoms with Crippen LogP contribution in [-0.4, -0.2) is 59.0 Å². The zero-order valence-electron chi connectivity index (χ0n) is 31.4. The molecule has 0 saturated carbocycles. The third-order valence-electron chi connectivity index (χ3n) is 9.27. The summed E-state index contributed by atoms with van der Waals surface area (Å²) in [6.45, 7) is 4.01. The number of carbonyl (C=O) groups excluding carboxylic acids is 1. The van der Waals surface area contributed by atoms with Crippen molar-refractivity contribution in [1.29, 1.82) is 0 Å². The molecular formula is C38H79N2O7P. The van der Waals surface area contributed by atoms with Gasteiger partial charge in [-0.15, -0.1) is 0 Å². The normalized spacial score (nSPS) is 14.9. The molecule has 4 unspecified atom stereocenters. The van der Waals surface area contributed by atoms with Crippen molar-refractivity contribution in [3.63, 3.8) is 0 Å². The van der Waals surface area contributed by atoms with Gasteiger partial charge in [-0.25, -0.2) is 4.57 Å². The third-order valence-corrected chi connectivity index (χ3v) is 10.2. The van der Waals surface area contributed by atoms with Crippen LogP contribution in [0.2, 0.25) is 0 Å². The van der Waals surface area contributed by atoms with Crippen molar-refractivity contribution in [1.82, 2.24) is 5.32 Å². The summed E-state index contributed by atoms with van der Waals surface area (Å²) in [5.74, 6) is -0.415. The van der Waals surface area contributed by atoms with Gasteiger partial charge in [-0.05, 0) is 12.8 Å². The van der Waals surface area contributed by atoms with Crippen molar-refractivity contribution in [2.24, 2.45) is 5.73 Å². The highest BCUT2D eigenvalue weighted by Gasteiger charge is 2.28. The minimum atomic E-state index is -4.36. The molecule has 0 fully saturated rings. The second kappa shape index (κ2) is 34.9. The highest BCUT2D eigenvalue weighted by molar-refractivity contribution is 7.47. The molecule has 0 aromatic heterocycles. The van der Waals surface area contributed by atoms with Crippen molar-refractivity contribution in [3.8, 4) is 0 Å². The largest absolute Gasteiger partial charge is 0.472 e. The summed E-state index contributed by atoms with van der Waals surface area (Å²) in [7, 11) is -4.36. The van der Waals surface area contributed by atoms with Crippen molar-refractivity contribution in [3.05, 3.63) is 0 Å². The first-order chi connectivity index (χ1) is 23.3. The van der Waals surface area contributed by atoms with Crippen LogP contribution in [0, 0.1) is 0 Å². The fraction of sp³-hybridized carbons (Fsp3) is 0.974. The Morgan fingerprint density at radius 2 is 1.00 bits per heavy atom. The molecule has 0 aliphatic heterocycles. The molecule has 0 heterocycles. The Bertz CT molecular complexity index is 746. The number of hydrogen-bond donors (Lipinski definition) is 5. The first kappa shape index (κ1) is 47.5. The van der Waals surface area contributed by atoms with Crippen molar-refractivity contribution >= 4 is 13.7 Å². The van der Waals surface area contributed by atoms with Gasteiger partial charge in [0.25, 0.3) is 0 Å². The van der Waals surface area contributed by atoms with Crippen LogP contribution in [0.15, 0.2) is 0 Å². The fourth-order valence-electron chi connectivity index (χ4n) is 6.18. The maximum atomic E-state index is 12.7. The summed E-state index contributed by atoms with van der Waals surface area (Å²) in [4.78, 5) is 22.6. The highest BCUT2D eigenvalue weighted by atomic mass is 31.2. The van der Waals surface area contributed by atoms with E-state index in [1.165, 1.54) is 128 Å². The molecule has 9 nitrogen and oxygen atoms in total. The number of hydrogen-bond acceptors (Lipinski definition) is 7. The first-order valence-corrected chi connectivity index (χ1v) is 21.7. The molecule has 0 bridgehead atoms. The number of phosphoric ester groups is 1. The third kappa shape index (κ3) is 32.7. The molecule has 6 N–H and O–H groups in total. The van der Waals surface area contributed by atoms with E-state index in [9.17, 15) is 24.5 Å². The second-order valence-electron chi connectivity index (χ2n) is 14.0. The van der Waals surface area contributed by atoms with E-state index in [0.717, 1.165) is 38.5 Å². The Hall–Kier alpha value is -0.540. The number of aliphatic hydroxyl groups is 2. The van der Waals surface area contributed by atoms with Crippen LogP contribution in [0.3, 0.4) is 0 Å². The molecule has 288 valence electrons. The lowest BCUT2D eigenvalue weighted by Gasteiger charge is -2.25. The van der Waals surface area contributed by atoms with Gasteiger partial charge < -0.3 is 26.2 Å². The molecule has 0 saturated heterocycles. The molecule has 4 atom stereocenters. The topological polar surface area (TPSA) is 151 Å². The van der Waals surface area contributed by atoms with Crippen molar-refractivity contribution < 1.29 is 33.5 Å². The number of rotatable bonds is 38. The molecule has 0 spiro atoms. The zero-order valence-corrected chi connectivity index (χ0v) is 32.3. The van der Waals surface area contributed by atoms with Crippen LogP contribution in [0.4, 0.5) is 0 Å². The zero-order chi connectivity index (χ0) is 35.6. The van der Waals surface area contributed by atoms with E-state index in [2.05, 4.69) is 19.2 Å². The molecule has 0 aliphatic rings. The fourth-order valence-corrected chi connectivity index (χ4v) is 6.94. The summed E-state index contributed by atoms with van der Waals surface area (Å²) in [6.07, 6.45) is 31.6. The molecule has 0 aliphatic carbocycles. The maximum Gasteiger partial charge on any atom is 0.472 e. The van der Waals surface area contributed by atoms with Gasteiger partial charge in [-0.1, -0.05) is 181 Å². The average Bonchev–Trinajstić information content (AvgIpc) is 3.06. The van der Waals surface area contributed by atoms with E-state index in [1.807, 2.05) is 0 Å². The van der Waals surface area contributed by atoms with Gasteiger partial charge in [0.15, 0.2) is 0 Å². The summed E-state index contributed by atoms with van der Waals surface area (Å²) >= 11 is 0. The van der Waals surface area contributed by atoms with E-state index in [0.29, 0.717) is 12.8 Å². The molecule has 0 aromatic rings. The van der Waals surface area contributed by atoms with Gasteiger partial charge in [0.2, 0.25) is 5.91 Å². The van der Waals surface area contributed by atoms with E-state index in [-0.39, 0.29) is 26.2 Å². The number of nitrogens with two attached hydrogens (primary N) is 1. The molecule has 10 heteroatoms. The Morgan fingerprint density at radius 3 is 1.40 bits per heavy atom. The predicted octanol–water partition coefficient (Wildman–Crippen LogP) is 9.64. The standard InChI is InChI=1S/C38H79N2O7P/c1-3-5-7-9-11-12-13-14-15-16-17-18-19-20-21-22-24-26-28-30-37(42)36(34-47-48(44,45)46-32-31-39)40-38(43)33-35(41)29-27-25-23-10-8-6-4-2/h35-37,41-42H,3-34,39H2,1-2H3,(H,40,43)(H,44,45). The summed E-state index contributed by atoms with van der Waals surface area (Å²) in [5.41, 5.74) is 5.35. The smallest absolute Gasteiger partial charge is 0.393 e. The van der Waals surface area contributed by atoms with E-state index >= 15 is 0 Å². The minimum Gasteiger partial charge on any atom is -0.393 e. The molecule has 0 radical (unpaired) electrons. The Labute approximate surface area is 295 Å². The Balaban J connectivity index is 4.20. The first-order valence-electron chi connectivity index (χ1n) is 20.2. The highest BCUT2D eigenvalue weighted by Crippen LogP contribution is 2.43. The van der Waals surface area contributed by atoms with Crippen LogP contribution < -0.4 is 11.1 Å². The maximum absolute atomic E-state index is 12.7. The number of unbranched alkanes of at least 4 members (excludes halogenated alkanes) is 24. The monoisotopic (exact) mass is 707 g/mol. The summed E-state index contributed by atoms with van der Waals surface area (Å²) in [5, 5.41) is 24.0. The number of nitrogens with one attached hydrogen (secondary N) is 1. The lowest BCUT2D eigenvalue weighted by atomic mass is 10.0. The number of aliphatic hydroxyl groups excluding tert-OH is 2. The lowest BCUT2D eigenvalue weighted by molar-refractivity contribution is -0.125. The van der Waals surface area contributed by atoms with Crippen LogP contribution in [0.5, 0.6) is 0 Å². The van der Waals surface area contributed by atoms with Gasteiger partial charge in [-0.3, -0.25) is 13.8 Å². The van der Waals surface area contributed by atoms with Crippen LogP contribution in [0.1, 0.15) is 200 Å². The second-order valence-corrected chi connectivity index (χ2v) is 15.5. The van der Waals surface area contributed by atoms with Crippen LogP contribution in [0.25, 0.3) is 0 Å². The Morgan fingerprint density at radius 1 is 0.625 bits per heavy atom. The van der Waals surface area contributed by atoms with Crippen LogP contribution >= 0.6 is 7.82 Å². The van der Waals surface area contributed by atoms with E-state index < -0.39 is 32.0 Å². The quantitative estimate of drug-likeness (QED) is 0.0315. The summed E-state index contributed by atoms with van der Waals surface area (Å²) < 4.78 is 22.0. The molecule has 1 amide bonds. The number of phosphoric acid groups is 1. The molecule has 48 heavy (non-hydrogen) atoms. The van der Waals surface area contributed by atoms with Gasteiger partial charge in [0.1, 0.15) is 0 Å². The SMILES string of the molecule is CCCCCCCCCCCCCCCCCCCCCC(O)C(COP(=O)(O)OCCN)NC(=O)CC(O)CCCCCCCCC. The van der Waals surface area contributed by atoms with Gasteiger partial charge in [0.05, 0.1) is 37.9 Å². The number of amides is 1. The van der Waals surface area contributed by atoms with Gasteiger partial charge in [0, 0.05) is 6.54 Å². The van der Waals surface area contributed by atoms with Crippen LogP contribution in [-0.2, 0) is 18.4 Å². The lowest BCUT2D eigenvalue weighted by Crippen LogP contribution is -2.47. The molecule has 0 aromatic carbocycles. The predicted molar refractivity (Wildman–Crippen MR) is 200 cm³/mol. The molecule has 0 rings (SSSR count). The van der Waals surface area contributed by atoms with Crippen molar-refractivity contribution in [2.45, 2.75) is 218 Å². The van der Waals surface area contributed by atoms with Crippen molar-refractivity contribution in [2.75, 3.05) is 19.8 Å². The van der Waals surface area contributed by atoms with E-state index in [1.54, 1.807) is 0 Å². The average molecular weight is 707 g/mol. The Kier molecular flexibility index (Phi) is 34.5. The minimum absolute atomic E-state index is 0.0622. The number of carbonyl (C=O) groups is 1. The van der Waals surface area contributed by atoms with E-state index in [4.69, 9.17) is 14.8 Å². The van der Waals surface area contributed by atoms with Gasteiger partial charge in [-0.2, -0.15) is 0 Å². The summed E-state index contributed by atoms with van der Waals surface area (Å²) in [6, 6.07) is -0.888. The molecular weight excluding hydrogens is 627 g/mol.